The van der Waals surface area contributed by atoms with Crippen LogP contribution in [0.1, 0.15) is 12.6 Å². The lowest BCUT2D eigenvalue weighted by molar-refractivity contribution is -0.142. The summed E-state index contributed by atoms with van der Waals surface area (Å²) >= 11 is 1.59. The number of thiophene rings is 1. The highest BCUT2D eigenvalue weighted by molar-refractivity contribution is 7.14. The van der Waals surface area contributed by atoms with E-state index in [9.17, 15) is 9.59 Å². The Hall–Kier alpha value is -3.19. The highest BCUT2D eigenvalue weighted by atomic mass is 32.1. The van der Waals surface area contributed by atoms with Crippen LogP contribution in [0.3, 0.4) is 0 Å². The normalized spacial score (nSPS) is 11.0. The minimum atomic E-state index is -0.398. The van der Waals surface area contributed by atoms with Crippen molar-refractivity contribution in [3.63, 3.8) is 0 Å². The van der Waals surface area contributed by atoms with E-state index in [-0.39, 0.29) is 12.2 Å². The van der Waals surface area contributed by atoms with Crippen molar-refractivity contribution in [1.29, 1.82) is 0 Å². The first-order valence-corrected chi connectivity index (χ1v) is 8.87. The number of esters is 1. The number of aromatic amines is 1. The monoisotopic (exact) mass is 365 g/mol. The molecule has 0 aliphatic rings. The van der Waals surface area contributed by atoms with Gasteiger partial charge >= 0.3 is 5.97 Å². The minimum absolute atomic E-state index is 0.0192. The Bertz CT molecular complexity index is 1140. The maximum absolute atomic E-state index is 12.3. The molecular weight excluding hydrogens is 350 g/mol. The van der Waals surface area contributed by atoms with E-state index in [1.54, 1.807) is 17.5 Å². The van der Waals surface area contributed by atoms with E-state index < -0.39 is 5.97 Å². The Morgan fingerprint density at radius 2 is 2.04 bits per heavy atom. The number of nitrogens with zero attached hydrogens (tertiary/aromatic N) is 2. The van der Waals surface area contributed by atoms with E-state index in [4.69, 9.17) is 4.74 Å². The molecule has 26 heavy (non-hydrogen) atoms. The van der Waals surface area contributed by atoms with Gasteiger partial charge in [-0.2, -0.15) is 9.61 Å². The molecule has 0 unspecified atom stereocenters. The number of fused-ring (bicyclic) bond motifs is 1. The second-order valence-corrected chi connectivity index (χ2v) is 6.71. The summed E-state index contributed by atoms with van der Waals surface area (Å²) in [5, 5.41) is 6.26. The van der Waals surface area contributed by atoms with Crippen LogP contribution >= 0.6 is 11.3 Å². The fourth-order valence-corrected chi connectivity index (χ4v) is 3.66. The van der Waals surface area contributed by atoms with Crippen molar-refractivity contribution in [3.8, 4) is 21.6 Å². The van der Waals surface area contributed by atoms with E-state index in [0.29, 0.717) is 11.3 Å². The maximum atomic E-state index is 12.3. The maximum Gasteiger partial charge on any atom is 0.303 e. The molecule has 6 nitrogen and oxygen atoms in total. The molecule has 0 fully saturated rings. The lowest BCUT2D eigenvalue weighted by atomic mass is 10.1. The highest BCUT2D eigenvalue weighted by Gasteiger charge is 2.13. The molecule has 1 N–H and O–H groups in total. The van der Waals surface area contributed by atoms with Gasteiger partial charge in [-0.1, -0.05) is 30.3 Å². The predicted molar refractivity (Wildman–Crippen MR) is 100 cm³/mol. The van der Waals surface area contributed by atoms with E-state index in [1.807, 2.05) is 18.2 Å². The molecule has 0 aliphatic heterocycles. The number of hydrogen-bond donors (Lipinski definition) is 1. The van der Waals surface area contributed by atoms with Gasteiger partial charge in [-0.15, -0.1) is 11.3 Å². The Labute approximate surface area is 152 Å². The van der Waals surface area contributed by atoms with Crippen LogP contribution in [-0.2, 0) is 16.1 Å². The molecule has 0 atom stereocenters. The molecule has 3 heterocycles. The standard InChI is InChI=1S/C19H15N3O3S/c1-12(23)25-10-15-8-18(24)22-19(21-15)16(9-20-22)17-7-14(11-26-17)13-5-3-2-4-6-13/h2-9,11,21H,10H2,1H3. The molecule has 130 valence electrons. The lowest BCUT2D eigenvalue weighted by Gasteiger charge is -2.04. The van der Waals surface area contributed by atoms with Crippen LogP contribution in [0.5, 0.6) is 0 Å². The molecule has 0 saturated carbocycles. The van der Waals surface area contributed by atoms with Crippen LogP contribution in [0.15, 0.2) is 58.8 Å². The van der Waals surface area contributed by atoms with Crippen LogP contribution in [0, 0.1) is 0 Å². The van der Waals surface area contributed by atoms with E-state index in [0.717, 1.165) is 21.6 Å². The number of ether oxygens (including phenoxy) is 1. The van der Waals surface area contributed by atoms with Crippen molar-refractivity contribution < 1.29 is 9.53 Å². The van der Waals surface area contributed by atoms with Crippen LogP contribution < -0.4 is 5.56 Å². The fourth-order valence-electron chi connectivity index (χ4n) is 2.73. The molecule has 0 aliphatic carbocycles. The van der Waals surface area contributed by atoms with Gasteiger partial charge < -0.3 is 9.72 Å². The van der Waals surface area contributed by atoms with Gasteiger partial charge in [0.15, 0.2) is 0 Å². The van der Waals surface area contributed by atoms with Crippen molar-refractivity contribution in [2.24, 2.45) is 0 Å². The SMILES string of the molecule is CC(=O)OCc1cc(=O)n2ncc(-c3cc(-c4ccccc4)cs3)c2[nH]1. The first kappa shape index (κ1) is 16.3. The number of H-pyrrole nitrogens is 1. The van der Waals surface area contributed by atoms with Gasteiger partial charge in [-0.25, -0.2) is 0 Å². The summed E-state index contributed by atoms with van der Waals surface area (Å²) < 4.78 is 6.29. The summed E-state index contributed by atoms with van der Waals surface area (Å²) in [6.07, 6.45) is 1.67. The van der Waals surface area contributed by atoms with Crippen molar-refractivity contribution in [2.45, 2.75) is 13.5 Å². The predicted octanol–water partition coefficient (Wildman–Crippen LogP) is 3.48. The van der Waals surface area contributed by atoms with Gasteiger partial charge in [0.1, 0.15) is 12.3 Å². The summed E-state index contributed by atoms with van der Waals surface area (Å²) in [6, 6.07) is 13.6. The summed E-state index contributed by atoms with van der Waals surface area (Å²) in [5.74, 6) is -0.398. The van der Waals surface area contributed by atoms with Crippen molar-refractivity contribution >= 4 is 23.0 Å². The second-order valence-electron chi connectivity index (χ2n) is 5.80. The zero-order valence-electron chi connectivity index (χ0n) is 13.9. The molecule has 0 radical (unpaired) electrons. The van der Waals surface area contributed by atoms with Crippen LogP contribution in [-0.4, -0.2) is 20.6 Å². The topological polar surface area (TPSA) is 76.5 Å². The van der Waals surface area contributed by atoms with Crippen molar-refractivity contribution in [3.05, 3.63) is 70.1 Å². The number of hydrogen-bond acceptors (Lipinski definition) is 5. The van der Waals surface area contributed by atoms with Crippen LogP contribution in [0.25, 0.3) is 27.2 Å². The number of carbonyl (C=O) groups excluding carboxylic acids is 1. The smallest absolute Gasteiger partial charge is 0.303 e. The third-order valence-electron chi connectivity index (χ3n) is 3.96. The van der Waals surface area contributed by atoms with E-state index in [2.05, 4.69) is 33.7 Å². The quantitative estimate of drug-likeness (QED) is 0.562. The molecule has 0 bridgehead atoms. The van der Waals surface area contributed by atoms with E-state index >= 15 is 0 Å². The number of aromatic nitrogens is 3. The zero-order valence-corrected chi connectivity index (χ0v) is 14.7. The average molecular weight is 365 g/mol. The molecule has 0 saturated heterocycles. The highest BCUT2D eigenvalue weighted by Crippen LogP contribution is 2.33. The Morgan fingerprint density at radius 3 is 2.81 bits per heavy atom. The zero-order chi connectivity index (χ0) is 18.1. The van der Waals surface area contributed by atoms with Gasteiger partial charge in [0.2, 0.25) is 0 Å². The summed E-state index contributed by atoms with van der Waals surface area (Å²) in [4.78, 5) is 27.4. The summed E-state index contributed by atoms with van der Waals surface area (Å²) in [7, 11) is 0. The number of benzene rings is 1. The molecule has 1 aromatic carbocycles. The van der Waals surface area contributed by atoms with Crippen LogP contribution in [0.2, 0.25) is 0 Å². The first-order valence-electron chi connectivity index (χ1n) is 7.99. The molecular formula is C19H15N3O3S. The number of rotatable bonds is 4. The Kier molecular flexibility index (Phi) is 4.14. The van der Waals surface area contributed by atoms with Gasteiger partial charge in [-0.3, -0.25) is 9.59 Å². The Morgan fingerprint density at radius 1 is 1.23 bits per heavy atom. The summed E-state index contributed by atoms with van der Waals surface area (Å²) in [5.41, 5.74) is 3.92. The minimum Gasteiger partial charge on any atom is -0.459 e. The van der Waals surface area contributed by atoms with Crippen molar-refractivity contribution in [2.75, 3.05) is 0 Å². The van der Waals surface area contributed by atoms with Gasteiger partial charge in [-0.05, 0) is 22.6 Å². The van der Waals surface area contributed by atoms with Crippen LogP contribution in [0.4, 0.5) is 0 Å². The number of carbonyl (C=O) groups is 1. The molecule has 4 aromatic rings. The van der Waals surface area contributed by atoms with E-state index in [1.165, 1.54) is 17.5 Å². The van der Waals surface area contributed by atoms with Gasteiger partial charge in [0, 0.05) is 17.9 Å². The molecule has 4 rings (SSSR count). The second kappa shape index (κ2) is 6.61. The number of nitrogens with one attached hydrogen (secondary N) is 1. The Balaban J connectivity index is 1.76. The largest absolute Gasteiger partial charge is 0.459 e. The lowest BCUT2D eigenvalue weighted by Crippen LogP contribution is -2.16. The molecule has 7 heteroatoms. The molecule has 0 spiro atoms. The molecule has 3 aromatic heterocycles. The van der Waals surface area contributed by atoms with Crippen molar-refractivity contribution in [1.82, 2.24) is 14.6 Å². The third-order valence-corrected chi connectivity index (χ3v) is 4.92. The van der Waals surface area contributed by atoms with Gasteiger partial charge in [0.05, 0.1) is 17.5 Å². The molecule has 0 amide bonds. The fraction of sp³-hybridized carbons (Fsp3) is 0.105. The third kappa shape index (κ3) is 3.04. The first-order chi connectivity index (χ1) is 12.6. The summed E-state index contributed by atoms with van der Waals surface area (Å²) in [6.45, 7) is 1.35. The van der Waals surface area contributed by atoms with Gasteiger partial charge in [0.25, 0.3) is 5.56 Å². The average Bonchev–Trinajstić information content (AvgIpc) is 3.27.